The minimum Gasteiger partial charge on any atom is -0.481 e. The van der Waals surface area contributed by atoms with Gasteiger partial charge in [0.15, 0.2) is 0 Å². The first-order valence-corrected chi connectivity index (χ1v) is 10.0. The molecule has 0 aliphatic rings. The van der Waals surface area contributed by atoms with Gasteiger partial charge in [0, 0.05) is 12.1 Å². The molecule has 1 unspecified atom stereocenters. The summed E-state index contributed by atoms with van der Waals surface area (Å²) in [5, 5.41) is 9.98. The number of hydrogen-bond donors (Lipinski definition) is 1. The molecule has 1 N–H and O–H groups in total. The van der Waals surface area contributed by atoms with Gasteiger partial charge in [-0.2, -0.15) is 0 Å². The zero-order chi connectivity index (χ0) is 19.6. The fourth-order valence-corrected chi connectivity index (χ4v) is 4.64. The summed E-state index contributed by atoms with van der Waals surface area (Å²) in [5.41, 5.74) is 2.02. The molecule has 0 aromatic heterocycles. The average molecular weight is 396 g/mol. The molecule has 0 fully saturated rings. The van der Waals surface area contributed by atoms with E-state index >= 15 is 0 Å². The van der Waals surface area contributed by atoms with Crippen molar-refractivity contribution in [2.45, 2.75) is 38.0 Å². The van der Waals surface area contributed by atoms with Gasteiger partial charge in [0.1, 0.15) is 0 Å². The van der Waals surface area contributed by atoms with Crippen molar-refractivity contribution in [1.29, 1.82) is 0 Å². The van der Waals surface area contributed by atoms with Gasteiger partial charge >= 0.3 is 5.97 Å². The van der Waals surface area contributed by atoms with Gasteiger partial charge in [0.2, 0.25) is 0 Å². The van der Waals surface area contributed by atoms with Crippen molar-refractivity contribution in [3.8, 4) is 0 Å². The van der Waals surface area contributed by atoms with Crippen LogP contribution in [0.15, 0.2) is 41.3 Å². The van der Waals surface area contributed by atoms with E-state index in [1.807, 2.05) is 0 Å². The summed E-state index contributed by atoms with van der Waals surface area (Å²) in [6.07, 6.45) is 0.360. The Morgan fingerprint density at radius 3 is 2.38 bits per heavy atom. The van der Waals surface area contributed by atoms with Gasteiger partial charge in [0.25, 0.3) is 10.0 Å². The predicted octanol–water partition coefficient (Wildman–Crippen LogP) is 4.36. The molecule has 0 aliphatic heterocycles. The second kappa shape index (κ2) is 7.68. The number of sulfonamides is 1. The van der Waals surface area contributed by atoms with Crippen LogP contribution in [0.25, 0.3) is 0 Å². The van der Waals surface area contributed by atoms with E-state index in [2.05, 4.69) is 0 Å². The summed E-state index contributed by atoms with van der Waals surface area (Å²) in [6, 6.07) is 9.85. The maximum Gasteiger partial charge on any atom is 0.311 e. The van der Waals surface area contributed by atoms with Crippen molar-refractivity contribution in [1.82, 2.24) is 0 Å². The fourth-order valence-electron chi connectivity index (χ4n) is 2.91. The lowest BCUT2D eigenvalue weighted by Gasteiger charge is -2.25. The third kappa shape index (κ3) is 3.71. The minimum absolute atomic E-state index is 0.153. The molecule has 0 amide bonds. The molecule has 0 heterocycles. The number of rotatable bonds is 6. The SMILES string of the molecule is CCC(C(=O)O)c1ccccc1N(C)S(=O)(=O)c1cc(C)c(Cl)cc1C. The van der Waals surface area contributed by atoms with Gasteiger partial charge in [-0.15, -0.1) is 0 Å². The highest BCUT2D eigenvalue weighted by Crippen LogP contribution is 2.34. The Morgan fingerprint density at radius 1 is 1.19 bits per heavy atom. The maximum absolute atomic E-state index is 13.2. The molecule has 26 heavy (non-hydrogen) atoms. The molecule has 140 valence electrons. The van der Waals surface area contributed by atoms with E-state index in [1.165, 1.54) is 7.05 Å². The Morgan fingerprint density at radius 2 is 1.81 bits per heavy atom. The number of anilines is 1. The average Bonchev–Trinajstić information content (AvgIpc) is 2.58. The van der Waals surface area contributed by atoms with E-state index < -0.39 is 21.9 Å². The van der Waals surface area contributed by atoms with Crippen molar-refractivity contribution < 1.29 is 18.3 Å². The molecule has 2 rings (SSSR count). The van der Waals surface area contributed by atoms with Crippen molar-refractivity contribution in [3.63, 3.8) is 0 Å². The molecular formula is C19H22ClNO4S. The first-order chi connectivity index (χ1) is 12.1. The first kappa shape index (κ1) is 20.3. The van der Waals surface area contributed by atoms with Crippen LogP contribution in [0.4, 0.5) is 5.69 Å². The van der Waals surface area contributed by atoms with Crippen LogP contribution < -0.4 is 4.31 Å². The zero-order valence-corrected chi connectivity index (χ0v) is 16.7. The Hall–Kier alpha value is -2.05. The van der Waals surface area contributed by atoms with Crippen LogP contribution in [-0.4, -0.2) is 26.5 Å². The highest BCUT2D eigenvalue weighted by Gasteiger charge is 2.29. The second-order valence-electron chi connectivity index (χ2n) is 6.20. The standard InChI is InChI=1S/C19H22ClNO4S/c1-5-14(19(22)23)15-8-6-7-9-17(15)21(4)26(24,25)18-11-12(2)16(20)10-13(18)3/h6-11,14H,5H2,1-4H3,(H,22,23). The minimum atomic E-state index is -3.87. The van der Waals surface area contributed by atoms with Gasteiger partial charge in [0.05, 0.1) is 16.5 Å². The third-order valence-electron chi connectivity index (χ3n) is 4.45. The van der Waals surface area contributed by atoms with E-state index in [-0.39, 0.29) is 4.90 Å². The third-order valence-corrected chi connectivity index (χ3v) is 6.77. The van der Waals surface area contributed by atoms with Crippen LogP contribution in [0.2, 0.25) is 5.02 Å². The Labute approximate surface area is 159 Å². The molecule has 5 nitrogen and oxygen atoms in total. The van der Waals surface area contributed by atoms with E-state index in [0.29, 0.717) is 33.8 Å². The summed E-state index contributed by atoms with van der Waals surface area (Å²) in [6.45, 7) is 5.19. The number of carboxylic acid groups (broad SMARTS) is 1. The normalized spacial score (nSPS) is 12.7. The van der Waals surface area contributed by atoms with Crippen molar-refractivity contribution in [2.75, 3.05) is 11.4 Å². The van der Waals surface area contributed by atoms with Crippen LogP contribution >= 0.6 is 11.6 Å². The van der Waals surface area contributed by atoms with Crippen molar-refractivity contribution in [2.24, 2.45) is 0 Å². The van der Waals surface area contributed by atoms with Crippen molar-refractivity contribution in [3.05, 3.63) is 58.1 Å². The molecule has 0 radical (unpaired) electrons. The van der Waals surface area contributed by atoms with Crippen LogP contribution in [0.5, 0.6) is 0 Å². The van der Waals surface area contributed by atoms with Crippen LogP contribution in [0.3, 0.4) is 0 Å². The van der Waals surface area contributed by atoms with Gasteiger partial charge < -0.3 is 5.11 Å². The molecule has 7 heteroatoms. The fraction of sp³-hybridized carbons (Fsp3) is 0.316. The molecule has 2 aromatic carbocycles. The highest BCUT2D eigenvalue weighted by atomic mass is 35.5. The zero-order valence-electron chi connectivity index (χ0n) is 15.2. The largest absolute Gasteiger partial charge is 0.481 e. The van der Waals surface area contributed by atoms with Gasteiger partial charge in [-0.1, -0.05) is 36.7 Å². The maximum atomic E-state index is 13.2. The van der Waals surface area contributed by atoms with Gasteiger partial charge in [-0.25, -0.2) is 8.42 Å². The lowest BCUT2D eigenvalue weighted by Crippen LogP contribution is -2.29. The number of halogens is 1. The second-order valence-corrected chi connectivity index (χ2v) is 8.54. The van der Waals surface area contributed by atoms with E-state index in [1.54, 1.807) is 57.2 Å². The van der Waals surface area contributed by atoms with Gasteiger partial charge in [-0.05, 0) is 55.2 Å². The lowest BCUT2D eigenvalue weighted by atomic mass is 9.95. The number of benzene rings is 2. The molecule has 0 bridgehead atoms. The number of nitrogens with zero attached hydrogens (tertiary/aromatic N) is 1. The number of carbonyl (C=O) groups is 1. The summed E-state index contributed by atoms with van der Waals surface area (Å²) < 4.78 is 27.5. The van der Waals surface area contributed by atoms with Crippen molar-refractivity contribution >= 4 is 33.3 Å². The molecule has 0 saturated carbocycles. The Balaban J connectivity index is 2.61. The van der Waals surface area contributed by atoms with Crippen LogP contribution in [0.1, 0.15) is 36.0 Å². The molecule has 0 saturated heterocycles. The van der Waals surface area contributed by atoms with Crippen LogP contribution in [-0.2, 0) is 14.8 Å². The number of aryl methyl sites for hydroxylation is 2. The number of carboxylic acids is 1. The lowest BCUT2D eigenvalue weighted by molar-refractivity contribution is -0.138. The van der Waals surface area contributed by atoms with Crippen LogP contribution in [0, 0.1) is 13.8 Å². The number of para-hydroxylation sites is 1. The quantitative estimate of drug-likeness (QED) is 0.788. The van der Waals surface area contributed by atoms with E-state index in [9.17, 15) is 18.3 Å². The molecule has 0 aliphatic carbocycles. The number of hydrogen-bond acceptors (Lipinski definition) is 3. The Kier molecular flexibility index (Phi) is 5.98. The molecule has 1 atom stereocenters. The highest BCUT2D eigenvalue weighted by molar-refractivity contribution is 7.92. The molecule has 0 spiro atoms. The first-order valence-electron chi connectivity index (χ1n) is 8.18. The summed E-state index contributed by atoms with van der Waals surface area (Å²) in [7, 11) is -2.43. The van der Waals surface area contributed by atoms with Gasteiger partial charge in [-0.3, -0.25) is 9.10 Å². The molecule has 2 aromatic rings. The van der Waals surface area contributed by atoms with E-state index in [0.717, 1.165) is 4.31 Å². The summed E-state index contributed by atoms with van der Waals surface area (Å²) in [5.74, 6) is -1.76. The predicted molar refractivity (Wildman–Crippen MR) is 104 cm³/mol. The van der Waals surface area contributed by atoms with E-state index in [4.69, 9.17) is 11.6 Å². The summed E-state index contributed by atoms with van der Waals surface area (Å²) in [4.78, 5) is 11.7. The topological polar surface area (TPSA) is 74.7 Å². The molecular weight excluding hydrogens is 374 g/mol. The number of aliphatic carboxylic acids is 1. The monoisotopic (exact) mass is 395 g/mol. The smallest absolute Gasteiger partial charge is 0.311 e. The summed E-state index contributed by atoms with van der Waals surface area (Å²) >= 11 is 6.08. The Bertz CT molecular complexity index is 941.